The van der Waals surface area contributed by atoms with E-state index in [2.05, 4.69) is 36.4 Å². The molecule has 3 rings (SSSR count). The Balaban J connectivity index is 2.12. The molecule has 1 saturated carbocycles. The van der Waals surface area contributed by atoms with Crippen LogP contribution in [0.1, 0.15) is 31.4 Å². The second kappa shape index (κ2) is 4.62. The molecule has 1 aliphatic rings. The van der Waals surface area contributed by atoms with E-state index in [0.717, 1.165) is 5.75 Å². The molecule has 2 aromatic rings. The van der Waals surface area contributed by atoms with E-state index in [9.17, 15) is 0 Å². The molecule has 1 fully saturated rings. The number of nitrogens with two attached hydrogens (primary N) is 1. The predicted molar refractivity (Wildman–Crippen MR) is 74.8 cm³/mol. The lowest BCUT2D eigenvalue weighted by molar-refractivity contribution is 0.344. The molecule has 0 aliphatic heterocycles. The molecule has 18 heavy (non-hydrogen) atoms. The summed E-state index contributed by atoms with van der Waals surface area (Å²) in [6.07, 6.45) is 2.53. The van der Waals surface area contributed by atoms with Crippen molar-refractivity contribution in [3.63, 3.8) is 0 Å². The molecule has 0 radical (unpaired) electrons. The Morgan fingerprint density at radius 1 is 1.17 bits per heavy atom. The highest BCUT2D eigenvalue weighted by molar-refractivity contribution is 5.91. The Hall–Kier alpha value is -1.54. The van der Waals surface area contributed by atoms with Crippen LogP contribution in [0.5, 0.6) is 5.75 Å². The molecule has 1 unspecified atom stereocenters. The van der Waals surface area contributed by atoms with E-state index in [1.165, 1.54) is 29.2 Å². The summed E-state index contributed by atoms with van der Waals surface area (Å²) in [7, 11) is 0. The van der Waals surface area contributed by atoms with E-state index < -0.39 is 0 Å². The summed E-state index contributed by atoms with van der Waals surface area (Å²) in [5, 5.41) is 2.41. The minimum atomic E-state index is 0.172. The molecule has 0 amide bonds. The summed E-state index contributed by atoms with van der Waals surface area (Å²) in [6.45, 7) is 2.70. The summed E-state index contributed by atoms with van der Waals surface area (Å²) < 4.78 is 5.69. The number of benzene rings is 2. The molecular weight excluding hydrogens is 222 g/mol. The van der Waals surface area contributed by atoms with Crippen LogP contribution in [0.25, 0.3) is 10.8 Å². The van der Waals surface area contributed by atoms with Crippen molar-refractivity contribution in [1.82, 2.24) is 0 Å². The van der Waals surface area contributed by atoms with Gasteiger partial charge in [-0.15, -0.1) is 0 Å². The number of rotatable bonds is 4. The van der Waals surface area contributed by atoms with Crippen molar-refractivity contribution < 1.29 is 4.74 Å². The standard InChI is InChI=1S/C16H19NO/c1-2-18-15-10-9-14(16(17)11-7-8-11)12-5-3-4-6-13(12)15/h3-6,9-11,16H,2,7-8,17H2,1H3. The Morgan fingerprint density at radius 2 is 1.89 bits per heavy atom. The van der Waals surface area contributed by atoms with Crippen LogP contribution in [-0.2, 0) is 0 Å². The molecule has 94 valence electrons. The van der Waals surface area contributed by atoms with Crippen molar-refractivity contribution in [3.8, 4) is 5.75 Å². The highest BCUT2D eigenvalue weighted by atomic mass is 16.5. The van der Waals surface area contributed by atoms with Crippen LogP contribution in [-0.4, -0.2) is 6.61 Å². The van der Waals surface area contributed by atoms with Gasteiger partial charge < -0.3 is 10.5 Å². The summed E-state index contributed by atoms with van der Waals surface area (Å²) in [5.74, 6) is 1.63. The lowest BCUT2D eigenvalue weighted by atomic mass is 9.96. The third-order valence-electron chi connectivity index (χ3n) is 3.71. The quantitative estimate of drug-likeness (QED) is 0.886. The second-order valence-electron chi connectivity index (χ2n) is 4.99. The van der Waals surface area contributed by atoms with Crippen LogP contribution in [0.15, 0.2) is 36.4 Å². The lowest BCUT2D eigenvalue weighted by Gasteiger charge is -2.16. The highest BCUT2D eigenvalue weighted by Gasteiger charge is 2.30. The van der Waals surface area contributed by atoms with E-state index in [-0.39, 0.29) is 6.04 Å². The molecular formula is C16H19NO. The predicted octanol–water partition coefficient (Wildman–Crippen LogP) is 3.65. The Labute approximate surface area is 108 Å². The van der Waals surface area contributed by atoms with Crippen LogP contribution in [0.2, 0.25) is 0 Å². The molecule has 0 heterocycles. The number of fused-ring (bicyclic) bond motifs is 1. The van der Waals surface area contributed by atoms with Gasteiger partial charge in [0.25, 0.3) is 0 Å². The minimum Gasteiger partial charge on any atom is -0.493 e. The molecule has 2 aromatic carbocycles. The molecule has 2 N–H and O–H groups in total. The fourth-order valence-electron chi connectivity index (χ4n) is 2.58. The average molecular weight is 241 g/mol. The molecule has 0 bridgehead atoms. The van der Waals surface area contributed by atoms with Crippen LogP contribution in [0, 0.1) is 5.92 Å². The summed E-state index contributed by atoms with van der Waals surface area (Å²) >= 11 is 0. The zero-order chi connectivity index (χ0) is 12.5. The summed E-state index contributed by atoms with van der Waals surface area (Å²) in [5.41, 5.74) is 7.61. The minimum absolute atomic E-state index is 0.172. The molecule has 0 saturated heterocycles. The van der Waals surface area contributed by atoms with E-state index in [1.807, 2.05) is 6.92 Å². The van der Waals surface area contributed by atoms with Gasteiger partial charge in [-0.3, -0.25) is 0 Å². The Bertz CT molecular complexity index is 560. The van der Waals surface area contributed by atoms with Gasteiger partial charge in [0, 0.05) is 11.4 Å². The van der Waals surface area contributed by atoms with Gasteiger partial charge in [0.15, 0.2) is 0 Å². The Morgan fingerprint density at radius 3 is 2.56 bits per heavy atom. The van der Waals surface area contributed by atoms with Crippen molar-refractivity contribution >= 4 is 10.8 Å². The molecule has 1 atom stereocenters. The molecule has 0 spiro atoms. The van der Waals surface area contributed by atoms with Gasteiger partial charge >= 0.3 is 0 Å². The molecule has 2 heteroatoms. The first-order valence-electron chi connectivity index (χ1n) is 6.71. The SMILES string of the molecule is CCOc1ccc(C(N)C2CC2)c2ccccc12. The molecule has 0 aromatic heterocycles. The van der Waals surface area contributed by atoms with Crippen LogP contribution >= 0.6 is 0 Å². The zero-order valence-corrected chi connectivity index (χ0v) is 10.7. The van der Waals surface area contributed by atoms with Crippen molar-refractivity contribution in [2.45, 2.75) is 25.8 Å². The highest BCUT2D eigenvalue weighted by Crippen LogP contribution is 2.42. The molecule has 2 nitrogen and oxygen atoms in total. The summed E-state index contributed by atoms with van der Waals surface area (Å²) in [6, 6.07) is 12.8. The fraction of sp³-hybridized carbons (Fsp3) is 0.375. The Kier molecular flexibility index (Phi) is 2.96. The normalized spacial score (nSPS) is 16.8. The van der Waals surface area contributed by atoms with Crippen molar-refractivity contribution in [3.05, 3.63) is 42.0 Å². The van der Waals surface area contributed by atoms with Gasteiger partial charge in [-0.05, 0) is 42.7 Å². The van der Waals surface area contributed by atoms with E-state index in [4.69, 9.17) is 10.5 Å². The monoisotopic (exact) mass is 241 g/mol. The van der Waals surface area contributed by atoms with E-state index in [1.54, 1.807) is 0 Å². The second-order valence-corrected chi connectivity index (χ2v) is 4.99. The zero-order valence-electron chi connectivity index (χ0n) is 10.7. The maximum atomic E-state index is 6.35. The smallest absolute Gasteiger partial charge is 0.127 e. The largest absolute Gasteiger partial charge is 0.493 e. The third kappa shape index (κ3) is 1.97. The lowest BCUT2D eigenvalue weighted by Crippen LogP contribution is -2.12. The third-order valence-corrected chi connectivity index (χ3v) is 3.71. The van der Waals surface area contributed by atoms with Crippen LogP contribution in [0.3, 0.4) is 0 Å². The first kappa shape index (κ1) is 11.5. The van der Waals surface area contributed by atoms with Gasteiger partial charge in [-0.25, -0.2) is 0 Å². The van der Waals surface area contributed by atoms with Crippen molar-refractivity contribution in [2.75, 3.05) is 6.61 Å². The maximum Gasteiger partial charge on any atom is 0.127 e. The first-order chi connectivity index (χ1) is 8.81. The van der Waals surface area contributed by atoms with Gasteiger partial charge in [0.2, 0.25) is 0 Å². The van der Waals surface area contributed by atoms with Gasteiger partial charge in [0.1, 0.15) is 5.75 Å². The average Bonchev–Trinajstić information content (AvgIpc) is 3.23. The number of hydrogen-bond acceptors (Lipinski definition) is 2. The maximum absolute atomic E-state index is 6.35. The topological polar surface area (TPSA) is 35.2 Å². The fourth-order valence-corrected chi connectivity index (χ4v) is 2.58. The van der Waals surface area contributed by atoms with Crippen molar-refractivity contribution in [2.24, 2.45) is 11.7 Å². The molecule has 1 aliphatic carbocycles. The summed E-state index contributed by atoms with van der Waals surface area (Å²) in [4.78, 5) is 0. The van der Waals surface area contributed by atoms with E-state index >= 15 is 0 Å². The van der Waals surface area contributed by atoms with Gasteiger partial charge in [-0.1, -0.05) is 30.3 Å². The van der Waals surface area contributed by atoms with Crippen LogP contribution < -0.4 is 10.5 Å². The van der Waals surface area contributed by atoms with Crippen LogP contribution in [0.4, 0.5) is 0 Å². The van der Waals surface area contributed by atoms with Gasteiger partial charge in [0.05, 0.1) is 6.61 Å². The number of ether oxygens (including phenoxy) is 1. The van der Waals surface area contributed by atoms with Gasteiger partial charge in [-0.2, -0.15) is 0 Å². The van der Waals surface area contributed by atoms with E-state index in [0.29, 0.717) is 12.5 Å². The van der Waals surface area contributed by atoms with Crippen molar-refractivity contribution in [1.29, 1.82) is 0 Å². The number of hydrogen-bond donors (Lipinski definition) is 1. The first-order valence-corrected chi connectivity index (χ1v) is 6.71.